The van der Waals surface area contributed by atoms with Crippen molar-refractivity contribution in [3.05, 3.63) is 0 Å². The number of ether oxygens (including phenoxy) is 1. The SMILES string of the molecule is CNCCOCCN1CCCCC1. The molecule has 1 N–H and O–H groups in total. The molecule has 3 nitrogen and oxygen atoms in total. The summed E-state index contributed by atoms with van der Waals surface area (Å²) >= 11 is 0. The van der Waals surface area contributed by atoms with Gasteiger partial charge >= 0.3 is 0 Å². The molecule has 0 radical (unpaired) electrons. The maximum Gasteiger partial charge on any atom is 0.0594 e. The summed E-state index contributed by atoms with van der Waals surface area (Å²) in [4.78, 5) is 2.50. The fourth-order valence-corrected chi connectivity index (χ4v) is 1.65. The third kappa shape index (κ3) is 5.24. The lowest BCUT2D eigenvalue weighted by Gasteiger charge is -2.26. The number of hydrogen-bond acceptors (Lipinski definition) is 3. The normalized spacial score (nSPS) is 19.2. The highest BCUT2D eigenvalue weighted by Gasteiger charge is 2.08. The molecule has 0 aromatic rings. The Bertz CT molecular complexity index is 113. The topological polar surface area (TPSA) is 24.5 Å². The molecule has 0 saturated carbocycles. The van der Waals surface area contributed by atoms with Crippen molar-refractivity contribution >= 4 is 0 Å². The molecule has 1 heterocycles. The average molecular weight is 186 g/mol. The van der Waals surface area contributed by atoms with Crippen molar-refractivity contribution in [1.82, 2.24) is 10.2 Å². The van der Waals surface area contributed by atoms with Crippen LogP contribution in [-0.2, 0) is 4.74 Å². The minimum atomic E-state index is 0.838. The van der Waals surface area contributed by atoms with Crippen LogP contribution in [0.3, 0.4) is 0 Å². The van der Waals surface area contributed by atoms with Crippen molar-refractivity contribution < 1.29 is 4.74 Å². The van der Waals surface area contributed by atoms with Gasteiger partial charge in [0, 0.05) is 13.1 Å². The molecule has 0 unspecified atom stereocenters. The molecule has 0 aliphatic carbocycles. The summed E-state index contributed by atoms with van der Waals surface area (Å²) in [6.45, 7) is 6.35. The number of hydrogen-bond donors (Lipinski definition) is 1. The van der Waals surface area contributed by atoms with E-state index in [1.54, 1.807) is 0 Å². The van der Waals surface area contributed by atoms with E-state index in [9.17, 15) is 0 Å². The third-order valence-corrected chi connectivity index (χ3v) is 2.50. The molecule has 1 saturated heterocycles. The largest absolute Gasteiger partial charge is 0.379 e. The zero-order valence-corrected chi connectivity index (χ0v) is 8.72. The monoisotopic (exact) mass is 186 g/mol. The first-order valence-corrected chi connectivity index (χ1v) is 5.38. The first-order chi connectivity index (χ1) is 6.43. The molecule has 78 valence electrons. The van der Waals surface area contributed by atoms with Crippen LogP contribution in [0.1, 0.15) is 19.3 Å². The van der Waals surface area contributed by atoms with Gasteiger partial charge in [0.25, 0.3) is 0 Å². The van der Waals surface area contributed by atoms with Crippen LogP contribution in [0.15, 0.2) is 0 Å². The molecule has 0 aromatic heterocycles. The van der Waals surface area contributed by atoms with E-state index in [1.165, 1.54) is 32.4 Å². The molecule has 1 aliphatic rings. The fraction of sp³-hybridized carbons (Fsp3) is 1.00. The predicted octanol–water partition coefficient (Wildman–Crippen LogP) is 0.708. The van der Waals surface area contributed by atoms with E-state index in [-0.39, 0.29) is 0 Å². The van der Waals surface area contributed by atoms with Crippen molar-refractivity contribution in [2.45, 2.75) is 19.3 Å². The van der Waals surface area contributed by atoms with Crippen molar-refractivity contribution in [2.24, 2.45) is 0 Å². The number of nitrogens with one attached hydrogen (secondary N) is 1. The molecular formula is C10H22N2O. The van der Waals surface area contributed by atoms with Gasteiger partial charge in [0.2, 0.25) is 0 Å². The van der Waals surface area contributed by atoms with Crippen LogP contribution in [0.25, 0.3) is 0 Å². The fourth-order valence-electron chi connectivity index (χ4n) is 1.65. The zero-order valence-electron chi connectivity index (χ0n) is 8.72. The smallest absolute Gasteiger partial charge is 0.0594 e. The standard InChI is InChI=1S/C10H22N2O/c1-11-5-9-13-10-8-12-6-3-2-4-7-12/h11H,2-10H2,1H3. The average Bonchev–Trinajstić information content (AvgIpc) is 2.19. The molecule has 1 fully saturated rings. The highest BCUT2D eigenvalue weighted by atomic mass is 16.5. The molecule has 13 heavy (non-hydrogen) atoms. The second-order valence-electron chi connectivity index (χ2n) is 3.62. The Labute approximate surface area is 81.4 Å². The highest BCUT2D eigenvalue weighted by molar-refractivity contribution is 4.63. The summed E-state index contributed by atoms with van der Waals surface area (Å²) in [5.74, 6) is 0. The van der Waals surface area contributed by atoms with Crippen LogP contribution in [0.4, 0.5) is 0 Å². The first-order valence-electron chi connectivity index (χ1n) is 5.38. The molecule has 0 amide bonds. The number of likely N-dealkylation sites (N-methyl/N-ethyl adjacent to an activating group) is 1. The lowest BCUT2D eigenvalue weighted by atomic mass is 10.1. The Morgan fingerprint density at radius 2 is 1.92 bits per heavy atom. The van der Waals surface area contributed by atoms with E-state index >= 15 is 0 Å². The Morgan fingerprint density at radius 1 is 1.15 bits per heavy atom. The van der Waals surface area contributed by atoms with E-state index in [0.717, 1.165) is 26.3 Å². The molecule has 0 aromatic carbocycles. The molecule has 0 bridgehead atoms. The van der Waals surface area contributed by atoms with Gasteiger partial charge in [-0.05, 0) is 33.0 Å². The predicted molar refractivity (Wildman–Crippen MR) is 55.0 cm³/mol. The van der Waals surface area contributed by atoms with E-state index < -0.39 is 0 Å². The lowest BCUT2D eigenvalue weighted by molar-refractivity contribution is 0.0987. The third-order valence-electron chi connectivity index (χ3n) is 2.50. The second-order valence-corrected chi connectivity index (χ2v) is 3.62. The molecule has 3 heteroatoms. The Hall–Kier alpha value is -0.120. The van der Waals surface area contributed by atoms with E-state index in [4.69, 9.17) is 4.74 Å². The van der Waals surface area contributed by atoms with Crippen LogP contribution in [-0.4, -0.2) is 51.3 Å². The second kappa shape index (κ2) is 7.30. The van der Waals surface area contributed by atoms with Crippen molar-refractivity contribution in [1.29, 1.82) is 0 Å². The van der Waals surface area contributed by atoms with Crippen LogP contribution >= 0.6 is 0 Å². The van der Waals surface area contributed by atoms with Crippen LogP contribution in [0, 0.1) is 0 Å². The van der Waals surface area contributed by atoms with Crippen LogP contribution < -0.4 is 5.32 Å². The maximum atomic E-state index is 5.47. The van der Waals surface area contributed by atoms with Crippen LogP contribution in [0.5, 0.6) is 0 Å². The minimum Gasteiger partial charge on any atom is -0.379 e. The minimum absolute atomic E-state index is 0.838. The summed E-state index contributed by atoms with van der Waals surface area (Å²) in [5, 5.41) is 3.07. The van der Waals surface area contributed by atoms with Crippen LogP contribution in [0.2, 0.25) is 0 Å². The summed E-state index contributed by atoms with van der Waals surface area (Å²) in [6.07, 6.45) is 4.16. The summed E-state index contributed by atoms with van der Waals surface area (Å²) in [7, 11) is 1.95. The van der Waals surface area contributed by atoms with Gasteiger partial charge in [-0.15, -0.1) is 0 Å². The van der Waals surface area contributed by atoms with Gasteiger partial charge in [0.05, 0.1) is 13.2 Å². The lowest BCUT2D eigenvalue weighted by Crippen LogP contribution is -2.33. The molecule has 0 spiro atoms. The number of likely N-dealkylation sites (tertiary alicyclic amines) is 1. The van der Waals surface area contributed by atoms with Gasteiger partial charge in [-0.1, -0.05) is 6.42 Å². The Morgan fingerprint density at radius 3 is 2.62 bits per heavy atom. The van der Waals surface area contributed by atoms with Crippen molar-refractivity contribution in [3.8, 4) is 0 Å². The van der Waals surface area contributed by atoms with Gasteiger partial charge in [-0.25, -0.2) is 0 Å². The number of rotatable bonds is 6. The van der Waals surface area contributed by atoms with Gasteiger partial charge in [-0.3, -0.25) is 0 Å². The first kappa shape index (κ1) is 11.0. The van der Waals surface area contributed by atoms with Gasteiger partial charge in [0.15, 0.2) is 0 Å². The Kier molecular flexibility index (Phi) is 6.15. The maximum absolute atomic E-state index is 5.47. The van der Waals surface area contributed by atoms with Gasteiger partial charge in [0.1, 0.15) is 0 Å². The molecule has 0 atom stereocenters. The van der Waals surface area contributed by atoms with E-state index in [0.29, 0.717) is 0 Å². The zero-order chi connectivity index (χ0) is 9.36. The van der Waals surface area contributed by atoms with Crippen molar-refractivity contribution in [2.75, 3.05) is 46.4 Å². The van der Waals surface area contributed by atoms with Gasteiger partial charge in [-0.2, -0.15) is 0 Å². The molecule has 1 rings (SSSR count). The summed E-state index contributed by atoms with van der Waals surface area (Å²) in [5.41, 5.74) is 0. The van der Waals surface area contributed by atoms with Crippen molar-refractivity contribution in [3.63, 3.8) is 0 Å². The quantitative estimate of drug-likeness (QED) is 0.618. The summed E-state index contributed by atoms with van der Waals surface area (Å²) in [6, 6.07) is 0. The number of nitrogens with zero attached hydrogens (tertiary/aromatic N) is 1. The highest BCUT2D eigenvalue weighted by Crippen LogP contribution is 2.07. The number of piperidine rings is 1. The van der Waals surface area contributed by atoms with E-state index in [1.807, 2.05) is 7.05 Å². The molecule has 1 aliphatic heterocycles. The summed E-state index contributed by atoms with van der Waals surface area (Å²) < 4.78 is 5.47. The van der Waals surface area contributed by atoms with Gasteiger partial charge < -0.3 is 15.0 Å². The van der Waals surface area contributed by atoms with E-state index in [2.05, 4.69) is 10.2 Å². The molecular weight excluding hydrogens is 164 g/mol. The Balaban J connectivity index is 1.86.